The first-order valence-corrected chi connectivity index (χ1v) is 5.85. The summed E-state index contributed by atoms with van der Waals surface area (Å²) < 4.78 is 27.7. The van der Waals surface area contributed by atoms with Gasteiger partial charge in [-0.15, -0.1) is 12.4 Å². The van der Waals surface area contributed by atoms with E-state index >= 15 is 0 Å². The molecular weight excluding hydrogens is 272 g/mol. The smallest absolute Gasteiger partial charge is 0.126 e. The third-order valence-corrected chi connectivity index (χ3v) is 2.58. The molecule has 2 aromatic rings. The van der Waals surface area contributed by atoms with E-state index in [-0.39, 0.29) is 12.4 Å². The van der Waals surface area contributed by atoms with Crippen molar-refractivity contribution in [1.29, 1.82) is 0 Å². The van der Waals surface area contributed by atoms with E-state index in [0.29, 0.717) is 18.7 Å². The fourth-order valence-corrected chi connectivity index (χ4v) is 1.72. The fourth-order valence-electron chi connectivity index (χ4n) is 1.72. The maximum Gasteiger partial charge on any atom is 0.126 e. The van der Waals surface area contributed by atoms with Gasteiger partial charge in [-0.3, -0.25) is 4.68 Å². The second-order valence-corrected chi connectivity index (χ2v) is 4.04. The van der Waals surface area contributed by atoms with Crippen LogP contribution in [-0.2, 0) is 19.6 Å². The summed E-state index contributed by atoms with van der Waals surface area (Å²) in [6.07, 6.45) is 1.90. The summed E-state index contributed by atoms with van der Waals surface area (Å²) in [4.78, 5) is 0. The number of aromatic nitrogens is 2. The van der Waals surface area contributed by atoms with Gasteiger partial charge in [0.25, 0.3) is 0 Å². The Bertz CT molecular complexity index is 508. The van der Waals surface area contributed by atoms with Crippen molar-refractivity contribution in [1.82, 2.24) is 15.1 Å². The van der Waals surface area contributed by atoms with Crippen molar-refractivity contribution in [2.45, 2.75) is 26.6 Å². The highest BCUT2D eigenvalue weighted by molar-refractivity contribution is 5.85. The van der Waals surface area contributed by atoms with Gasteiger partial charge >= 0.3 is 0 Å². The highest BCUT2D eigenvalue weighted by Gasteiger charge is 2.01. The van der Waals surface area contributed by atoms with Gasteiger partial charge in [-0.2, -0.15) is 5.10 Å². The van der Waals surface area contributed by atoms with Crippen LogP contribution in [-0.4, -0.2) is 9.78 Å². The molecule has 0 aliphatic heterocycles. The van der Waals surface area contributed by atoms with Crippen molar-refractivity contribution in [3.8, 4) is 0 Å². The van der Waals surface area contributed by atoms with Gasteiger partial charge in [0, 0.05) is 31.9 Å². The number of hydrogen-bond acceptors (Lipinski definition) is 2. The first-order chi connectivity index (χ1) is 8.67. The zero-order valence-corrected chi connectivity index (χ0v) is 11.4. The van der Waals surface area contributed by atoms with Gasteiger partial charge in [0.15, 0.2) is 0 Å². The van der Waals surface area contributed by atoms with Crippen molar-refractivity contribution >= 4 is 12.4 Å². The molecule has 6 heteroatoms. The highest BCUT2D eigenvalue weighted by atomic mass is 35.5. The van der Waals surface area contributed by atoms with Crippen LogP contribution in [0.25, 0.3) is 0 Å². The van der Waals surface area contributed by atoms with Crippen LogP contribution in [0.5, 0.6) is 0 Å². The molecule has 0 amide bonds. The van der Waals surface area contributed by atoms with Crippen LogP contribution in [0.2, 0.25) is 0 Å². The van der Waals surface area contributed by atoms with Crippen molar-refractivity contribution in [3.05, 3.63) is 53.4 Å². The average Bonchev–Trinajstić information content (AvgIpc) is 2.76. The molecule has 0 aliphatic rings. The molecule has 2 rings (SSSR count). The number of aryl methyl sites for hydroxylation is 1. The quantitative estimate of drug-likeness (QED) is 0.916. The van der Waals surface area contributed by atoms with E-state index in [2.05, 4.69) is 10.4 Å². The summed E-state index contributed by atoms with van der Waals surface area (Å²) in [5, 5.41) is 7.40. The number of halogens is 3. The maximum atomic E-state index is 12.9. The Balaban J connectivity index is 0.00000180. The number of rotatable bonds is 5. The molecule has 0 saturated heterocycles. The van der Waals surface area contributed by atoms with Gasteiger partial charge in [-0.25, -0.2) is 8.78 Å². The summed E-state index contributed by atoms with van der Waals surface area (Å²) in [5.41, 5.74) is 1.50. The molecule has 1 aromatic carbocycles. The predicted octanol–water partition coefficient (Wildman–Crippen LogP) is 2.89. The van der Waals surface area contributed by atoms with Crippen LogP contribution < -0.4 is 5.32 Å². The molecule has 1 heterocycles. The first kappa shape index (κ1) is 15.6. The van der Waals surface area contributed by atoms with Crippen LogP contribution in [0, 0.1) is 11.6 Å². The van der Waals surface area contributed by atoms with E-state index in [0.717, 1.165) is 18.3 Å². The minimum absolute atomic E-state index is 0. The lowest BCUT2D eigenvalue weighted by atomic mass is 10.2. The molecule has 0 saturated carbocycles. The normalized spacial score (nSPS) is 10.3. The average molecular weight is 288 g/mol. The lowest BCUT2D eigenvalue weighted by Gasteiger charge is -2.03. The van der Waals surface area contributed by atoms with Crippen molar-refractivity contribution < 1.29 is 8.78 Å². The third-order valence-electron chi connectivity index (χ3n) is 2.58. The summed E-state index contributed by atoms with van der Waals surface area (Å²) in [6.45, 7) is 3.83. The van der Waals surface area contributed by atoms with Gasteiger partial charge in [0.1, 0.15) is 11.6 Å². The first-order valence-electron chi connectivity index (χ1n) is 5.85. The number of benzene rings is 1. The molecular formula is C13H16ClF2N3. The third kappa shape index (κ3) is 4.61. The van der Waals surface area contributed by atoms with Gasteiger partial charge in [-0.1, -0.05) is 0 Å². The zero-order valence-electron chi connectivity index (χ0n) is 10.6. The van der Waals surface area contributed by atoms with E-state index < -0.39 is 11.6 Å². The monoisotopic (exact) mass is 287 g/mol. The molecule has 0 atom stereocenters. The molecule has 0 radical (unpaired) electrons. The molecule has 0 spiro atoms. The Morgan fingerprint density at radius 3 is 2.42 bits per heavy atom. The molecule has 0 bridgehead atoms. The fraction of sp³-hybridized carbons (Fsp3) is 0.308. The highest BCUT2D eigenvalue weighted by Crippen LogP contribution is 2.07. The molecule has 104 valence electrons. The largest absolute Gasteiger partial charge is 0.307 e. The van der Waals surface area contributed by atoms with Crippen LogP contribution >= 0.6 is 12.4 Å². The van der Waals surface area contributed by atoms with Gasteiger partial charge in [-0.05, 0) is 30.7 Å². The van der Waals surface area contributed by atoms with E-state index in [1.165, 1.54) is 12.1 Å². The Morgan fingerprint density at radius 1 is 1.16 bits per heavy atom. The summed E-state index contributed by atoms with van der Waals surface area (Å²) in [7, 11) is 0. The Hall–Kier alpha value is -1.46. The van der Waals surface area contributed by atoms with Gasteiger partial charge < -0.3 is 5.32 Å². The van der Waals surface area contributed by atoms with Gasteiger partial charge in [0.05, 0.1) is 5.69 Å². The molecule has 0 aliphatic carbocycles. The van der Waals surface area contributed by atoms with Crippen molar-refractivity contribution in [2.75, 3.05) is 0 Å². The van der Waals surface area contributed by atoms with Crippen LogP contribution in [0.3, 0.4) is 0 Å². The maximum absolute atomic E-state index is 12.9. The predicted molar refractivity (Wildman–Crippen MR) is 72.1 cm³/mol. The SMILES string of the molecule is CCn1ccc(CNCc2cc(F)cc(F)c2)n1.Cl. The van der Waals surface area contributed by atoms with Crippen LogP contribution in [0.4, 0.5) is 8.78 Å². The molecule has 19 heavy (non-hydrogen) atoms. The molecule has 3 nitrogen and oxygen atoms in total. The lowest BCUT2D eigenvalue weighted by Crippen LogP contribution is -2.13. The topological polar surface area (TPSA) is 29.9 Å². The Kier molecular flexibility index (Phi) is 5.92. The minimum Gasteiger partial charge on any atom is -0.307 e. The van der Waals surface area contributed by atoms with E-state index in [1.807, 2.05) is 23.9 Å². The minimum atomic E-state index is -0.554. The number of nitrogens with one attached hydrogen (secondary N) is 1. The van der Waals surface area contributed by atoms with Crippen molar-refractivity contribution in [2.24, 2.45) is 0 Å². The van der Waals surface area contributed by atoms with Crippen LogP contribution in [0.15, 0.2) is 30.5 Å². The molecule has 1 N–H and O–H groups in total. The van der Waals surface area contributed by atoms with Gasteiger partial charge in [0.2, 0.25) is 0 Å². The van der Waals surface area contributed by atoms with E-state index in [4.69, 9.17) is 0 Å². The Labute approximate surface area is 117 Å². The Morgan fingerprint density at radius 2 is 1.84 bits per heavy atom. The number of hydrogen-bond donors (Lipinski definition) is 1. The van der Waals surface area contributed by atoms with E-state index in [9.17, 15) is 8.78 Å². The van der Waals surface area contributed by atoms with Crippen LogP contribution in [0.1, 0.15) is 18.2 Å². The molecule has 0 unspecified atom stereocenters. The zero-order chi connectivity index (χ0) is 13.0. The summed E-state index contributed by atoms with van der Waals surface area (Å²) >= 11 is 0. The van der Waals surface area contributed by atoms with Crippen molar-refractivity contribution in [3.63, 3.8) is 0 Å². The molecule has 1 aromatic heterocycles. The standard InChI is InChI=1S/C13H15F2N3.ClH/c1-2-18-4-3-13(17-18)9-16-8-10-5-11(14)7-12(15)6-10;/h3-7,16H,2,8-9H2,1H3;1H. The van der Waals surface area contributed by atoms with E-state index in [1.54, 1.807) is 0 Å². The summed E-state index contributed by atoms with van der Waals surface area (Å²) in [6, 6.07) is 5.43. The second kappa shape index (κ2) is 7.21. The lowest BCUT2D eigenvalue weighted by molar-refractivity contribution is 0.573. The summed E-state index contributed by atoms with van der Waals surface area (Å²) in [5.74, 6) is -1.11. The number of nitrogens with zero attached hydrogens (tertiary/aromatic N) is 2. The second-order valence-electron chi connectivity index (χ2n) is 4.04. The molecule has 0 fully saturated rings.